The van der Waals surface area contributed by atoms with Gasteiger partial charge in [0.15, 0.2) is 5.65 Å². The molecular weight excluding hydrogens is 324 g/mol. The van der Waals surface area contributed by atoms with Crippen molar-refractivity contribution in [2.45, 2.75) is 39.2 Å². The number of pyridine rings is 1. The first-order valence-corrected chi connectivity index (χ1v) is 9.35. The molecule has 5 nitrogen and oxygen atoms in total. The number of nitrogens with zero attached hydrogens (tertiary/aromatic N) is 4. The monoisotopic (exact) mass is 348 g/mol. The number of hydrogen-bond donors (Lipinski definition) is 0. The van der Waals surface area contributed by atoms with Gasteiger partial charge in [0.1, 0.15) is 11.3 Å². The van der Waals surface area contributed by atoms with Crippen molar-refractivity contribution in [2.24, 2.45) is 0 Å². The summed E-state index contributed by atoms with van der Waals surface area (Å²) in [5, 5.41) is 0. The number of carbonyl (C=O) groups is 1. The van der Waals surface area contributed by atoms with Crippen LogP contribution in [-0.4, -0.2) is 38.4 Å². The molecule has 0 bridgehead atoms. The van der Waals surface area contributed by atoms with E-state index in [-0.39, 0.29) is 11.8 Å². The van der Waals surface area contributed by atoms with E-state index in [2.05, 4.69) is 16.5 Å². The average molecular weight is 348 g/mol. The molecule has 0 saturated carbocycles. The van der Waals surface area contributed by atoms with Crippen molar-refractivity contribution < 1.29 is 4.79 Å². The van der Waals surface area contributed by atoms with Gasteiger partial charge >= 0.3 is 0 Å². The SMILES string of the molecule is CCCn1c([C@@H]2CCN(C(=O)c3ccccc3C)C2)nc2cccnc21. The normalized spacial score (nSPS) is 17.2. The number of aromatic nitrogens is 3. The van der Waals surface area contributed by atoms with Crippen LogP contribution in [0.5, 0.6) is 0 Å². The number of carbonyl (C=O) groups excluding carboxylic acids is 1. The Morgan fingerprint density at radius 3 is 2.88 bits per heavy atom. The Morgan fingerprint density at radius 2 is 2.08 bits per heavy atom. The first-order valence-electron chi connectivity index (χ1n) is 9.35. The second kappa shape index (κ2) is 6.90. The molecule has 0 radical (unpaired) electrons. The molecule has 1 aliphatic rings. The summed E-state index contributed by atoms with van der Waals surface area (Å²) in [5.74, 6) is 1.46. The van der Waals surface area contributed by atoms with Crippen molar-refractivity contribution in [3.8, 4) is 0 Å². The van der Waals surface area contributed by atoms with Crippen molar-refractivity contribution in [2.75, 3.05) is 13.1 Å². The highest BCUT2D eigenvalue weighted by atomic mass is 16.2. The van der Waals surface area contributed by atoms with E-state index in [9.17, 15) is 4.79 Å². The van der Waals surface area contributed by atoms with Crippen LogP contribution in [0.15, 0.2) is 42.6 Å². The van der Waals surface area contributed by atoms with Crippen molar-refractivity contribution in [3.63, 3.8) is 0 Å². The van der Waals surface area contributed by atoms with Crippen LogP contribution in [0.25, 0.3) is 11.2 Å². The lowest BCUT2D eigenvalue weighted by Crippen LogP contribution is -2.29. The summed E-state index contributed by atoms with van der Waals surface area (Å²) in [5.41, 5.74) is 3.73. The number of rotatable bonds is 4. The Balaban J connectivity index is 1.61. The van der Waals surface area contributed by atoms with Crippen LogP contribution >= 0.6 is 0 Å². The number of aryl methyl sites for hydroxylation is 2. The van der Waals surface area contributed by atoms with E-state index >= 15 is 0 Å². The van der Waals surface area contributed by atoms with Gasteiger partial charge in [-0.15, -0.1) is 0 Å². The largest absolute Gasteiger partial charge is 0.338 e. The van der Waals surface area contributed by atoms with Gasteiger partial charge in [0.25, 0.3) is 5.91 Å². The van der Waals surface area contributed by atoms with Gasteiger partial charge in [-0.3, -0.25) is 4.79 Å². The molecule has 3 aromatic rings. The van der Waals surface area contributed by atoms with Crippen LogP contribution in [0, 0.1) is 6.92 Å². The van der Waals surface area contributed by atoms with Crippen LogP contribution in [0.1, 0.15) is 47.4 Å². The van der Waals surface area contributed by atoms with Gasteiger partial charge < -0.3 is 9.47 Å². The standard InChI is InChI=1S/C21H24N4O/c1-3-12-25-19(23-18-9-6-11-22-20(18)25)16-10-13-24(14-16)21(26)17-8-5-4-7-15(17)2/h4-9,11,16H,3,10,12-14H2,1-2H3/t16-/m1/s1. The van der Waals surface area contributed by atoms with Gasteiger partial charge in [-0.25, -0.2) is 9.97 Å². The molecule has 2 aromatic heterocycles. The van der Waals surface area contributed by atoms with Crippen LogP contribution in [0.4, 0.5) is 0 Å². The highest BCUT2D eigenvalue weighted by molar-refractivity contribution is 5.95. The zero-order chi connectivity index (χ0) is 18.1. The number of amides is 1. The van der Waals surface area contributed by atoms with E-state index in [1.165, 1.54) is 0 Å². The molecule has 1 saturated heterocycles. The van der Waals surface area contributed by atoms with Gasteiger partial charge in [-0.2, -0.15) is 0 Å². The Kier molecular flexibility index (Phi) is 4.45. The van der Waals surface area contributed by atoms with E-state index in [0.29, 0.717) is 0 Å². The number of hydrogen-bond acceptors (Lipinski definition) is 3. The predicted octanol–water partition coefficient (Wildman–Crippen LogP) is 3.78. The summed E-state index contributed by atoms with van der Waals surface area (Å²) in [4.78, 5) is 24.3. The molecule has 1 fully saturated rings. The zero-order valence-corrected chi connectivity index (χ0v) is 15.4. The van der Waals surface area contributed by atoms with Crippen molar-refractivity contribution in [1.82, 2.24) is 19.4 Å². The second-order valence-electron chi connectivity index (χ2n) is 7.02. The van der Waals surface area contributed by atoms with Crippen LogP contribution in [0.2, 0.25) is 0 Å². The maximum absolute atomic E-state index is 12.9. The van der Waals surface area contributed by atoms with E-state index in [0.717, 1.165) is 60.6 Å². The Bertz CT molecular complexity index is 946. The van der Waals surface area contributed by atoms with Gasteiger partial charge in [-0.05, 0) is 43.5 Å². The lowest BCUT2D eigenvalue weighted by molar-refractivity contribution is 0.0789. The smallest absolute Gasteiger partial charge is 0.254 e. The molecule has 0 aliphatic carbocycles. The summed E-state index contributed by atoms with van der Waals surface area (Å²) in [6, 6.07) is 11.8. The summed E-state index contributed by atoms with van der Waals surface area (Å²) in [6.07, 6.45) is 3.81. The molecule has 5 heteroatoms. The van der Waals surface area contributed by atoms with Crippen LogP contribution in [-0.2, 0) is 6.54 Å². The fourth-order valence-corrected chi connectivity index (χ4v) is 3.87. The Labute approximate surface area is 153 Å². The van der Waals surface area contributed by atoms with E-state index in [1.807, 2.05) is 54.4 Å². The zero-order valence-electron chi connectivity index (χ0n) is 15.4. The number of likely N-dealkylation sites (tertiary alicyclic amines) is 1. The van der Waals surface area contributed by atoms with Crippen LogP contribution < -0.4 is 0 Å². The lowest BCUT2D eigenvalue weighted by Gasteiger charge is -2.18. The topological polar surface area (TPSA) is 51.0 Å². The molecule has 1 atom stereocenters. The maximum atomic E-state index is 12.9. The first-order chi connectivity index (χ1) is 12.7. The molecular formula is C21H24N4O. The van der Waals surface area contributed by atoms with E-state index in [1.54, 1.807) is 0 Å². The lowest BCUT2D eigenvalue weighted by atomic mass is 10.1. The third-order valence-electron chi connectivity index (χ3n) is 5.20. The summed E-state index contributed by atoms with van der Waals surface area (Å²) >= 11 is 0. The van der Waals surface area contributed by atoms with Crippen molar-refractivity contribution in [1.29, 1.82) is 0 Å². The molecule has 4 rings (SSSR count). The molecule has 26 heavy (non-hydrogen) atoms. The fraction of sp³-hybridized carbons (Fsp3) is 0.381. The highest BCUT2D eigenvalue weighted by Crippen LogP contribution is 2.30. The van der Waals surface area contributed by atoms with E-state index in [4.69, 9.17) is 4.98 Å². The van der Waals surface area contributed by atoms with Crippen molar-refractivity contribution >= 4 is 17.1 Å². The number of imidazole rings is 1. The minimum Gasteiger partial charge on any atom is -0.338 e. The maximum Gasteiger partial charge on any atom is 0.254 e. The van der Waals surface area contributed by atoms with Crippen LogP contribution in [0.3, 0.4) is 0 Å². The number of fused-ring (bicyclic) bond motifs is 1. The predicted molar refractivity (Wildman–Crippen MR) is 102 cm³/mol. The number of benzene rings is 1. The minimum atomic E-state index is 0.127. The Hall–Kier alpha value is -2.69. The minimum absolute atomic E-state index is 0.127. The Morgan fingerprint density at radius 1 is 1.23 bits per heavy atom. The molecule has 0 N–H and O–H groups in total. The third-order valence-corrected chi connectivity index (χ3v) is 5.20. The molecule has 1 aliphatic heterocycles. The quantitative estimate of drug-likeness (QED) is 0.721. The van der Waals surface area contributed by atoms with E-state index < -0.39 is 0 Å². The molecule has 3 heterocycles. The molecule has 134 valence electrons. The molecule has 1 amide bonds. The third kappa shape index (κ3) is 2.87. The highest BCUT2D eigenvalue weighted by Gasteiger charge is 2.31. The second-order valence-corrected chi connectivity index (χ2v) is 7.02. The fourth-order valence-electron chi connectivity index (χ4n) is 3.87. The molecule has 0 spiro atoms. The first kappa shape index (κ1) is 16.8. The van der Waals surface area contributed by atoms with Gasteiger partial charge in [0.2, 0.25) is 0 Å². The molecule has 1 aromatic carbocycles. The summed E-state index contributed by atoms with van der Waals surface area (Å²) in [7, 11) is 0. The van der Waals surface area contributed by atoms with Gasteiger partial charge in [0.05, 0.1) is 0 Å². The van der Waals surface area contributed by atoms with Gasteiger partial charge in [0, 0.05) is 37.3 Å². The van der Waals surface area contributed by atoms with Crippen molar-refractivity contribution in [3.05, 3.63) is 59.5 Å². The van der Waals surface area contributed by atoms with Gasteiger partial charge in [-0.1, -0.05) is 25.1 Å². The summed E-state index contributed by atoms with van der Waals surface area (Å²) < 4.78 is 2.24. The summed E-state index contributed by atoms with van der Waals surface area (Å²) in [6.45, 7) is 6.57. The average Bonchev–Trinajstić information content (AvgIpc) is 3.27. The molecule has 0 unspecified atom stereocenters.